The fourth-order valence-corrected chi connectivity index (χ4v) is 3.22. The molecule has 1 N–H and O–H groups in total. The molecular formula is C14H27N2O. The largest absolute Gasteiger partial charge is 0.391 e. The minimum Gasteiger partial charge on any atom is -0.391 e. The first kappa shape index (κ1) is 13.3. The third-order valence-corrected chi connectivity index (χ3v) is 4.23. The Morgan fingerprint density at radius 2 is 1.59 bits per heavy atom. The standard InChI is InChI=1S/C14H27N2O/c1-13(17)14(16-11-4-5-12-16)7-6-10-15-8-2-3-9-15/h13-14,17H,1-12H2. The van der Waals surface area contributed by atoms with Gasteiger partial charge in [-0.2, -0.15) is 0 Å². The monoisotopic (exact) mass is 239 g/mol. The molecule has 0 bridgehead atoms. The van der Waals surface area contributed by atoms with E-state index in [0.717, 1.165) is 19.5 Å². The molecule has 99 valence electrons. The molecule has 0 spiro atoms. The van der Waals surface area contributed by atoms with Gasteiger partial charge < -0.3 is 10.0 Å². The summed E-state index contributed by atoms with van der Waals surface area (Å²) in [7, 11) is 0. The minimum atomic E-state index is -0.424. The molecule has 2 rings (SSSR count). The van der Waals surface area contributed by atoms with Crippen LogP contribution in [0.1, 0.15) is 38.5 Å². The van der Waals surface area contributed by atoms with E-state index in [1.54, 1.807) is 0 Å². The first-order valence-corrected chi connectivity index (χ1v) is 7.25. The quantitative estimate of drug-likeness (QED) is 0.761. The van der Waals surface area contributed by atoms with Crippen LogP contribution in [-0.4, -0.2) is 59.8 Å². The van der Waals surface area contributed by atoms with E-state index in [2.05, 4.69) is 16.7 Å². The van der Waals surface area contributed by atoms with Crippen molar-refractivity contribution in [2.45, 2.75) is 50.7 Å². The Balaban J connectivity index is 1.69. The fourth-order valence-electron chi connectivity index (χ4n) is 3.22. The first-order valence-electron chi connectivity index (χ1n) is 7.25. The summed E-state index contributed by atoms with van der Waals surface area (Å²) in [6, 6.07) is 0.292. The summed E-state index contributed by atoms with van der Waals surface area (Å²) in [4.78, 5) is 4.98. The Morgan fingerprint density at radius 1 is 1.00 bits per heavy atom. The molecule has 2 fully saturated rings. The van der Waals surface area contributed by atoms with Gasteiger partial charge in [0.2, 0.25) is 0 Å². The summed E-state index contributed by atoms with van der Waals surface area (Å²) < 4.78 is 0. The van der Waals surface area contributed by atoms with Gasteiger partial charge in [-0.25, -0.2) is 0 Å². The second-order valence-corrected chi connectivity index (χ2v) is 5.57. The van der Waals surface area contributed by atoms with Gasteiger partial charge in [-0.1, -0.05) is 0 Å². The molecule has 3 nitrogen and oxygen atoms in total. The zero-order valence-electron chi connectivity index (χ0n) is 11.0. The number of aliphatic hydroxyl groups is 1. The van der Waals surface area contributed by atoms with Gasteiger partial charge in [0.25, 0.3) is 0 Å². The van der Waals surface area contributed by atoms with E-state index in [9.17, 15) is 5.11 Å². The molecule has 2 saturated heterocycles. The Bertz CT molecular complexity index is 208. The summed E-state index contributed by atoms with van der Waals surface area (Å²) in [5.41, 5.74) is 0. The lowest BCUT2D eigenvalue weighted by molar-refractivity contribution is 0.0838. The third kappa shape index (κ3) is 3.94. The molecule has 0 aromatic rings. The average Bonchev–Trinajstić information content (AvgIpc) is 2.96. The minimum absolute atomic E-state index is 0.292. The van der Waals surface area contributed by atoms with Crippen LogP contribution in [0.3, 0.4) is 0 Å². The molecule has 0 saturated carbocycles. The van der Waals surface area contributed by atoms with Gasteiger partial charge in [-0.05, 0) is 78.2 Å². The fraction of sp³-hybridized carbons (Fsp3) is 0.929. The van der Waals surface area contributed by atoms with Crippen molar-refractivity contribution >= 4 is 0 Å². The van der Waals surface area contributed by atoms with Crippen LogP contribution in [0.15, 0.2) is 0 Å². The van der Waals surface area contributed by atoms with Gasteiger partial charge in [0.05, 0.1) is 6.10 Å². The van der Waals surface area contributed by atoms with Crippen LogP contribution >= 0.6 is 0 Å². The highest BCUT2D eigenvalue weighted by Gasteiger charge is 2.25. The first-order chi connectivity index (χ1) is 8.27. The van der Waals surface area contributed by atoms with E-state index < -0.39 is 6.10 Å². The highest BCUT2D eigenvalue weighted by Crippen LogP contribution is 2.19. The van der Waals surface area contributed by atoms with Crippen LogP contribution in [0.2, 0.25) is 0 Å². The van der Waals surface area contributed by atoms with Crippen LogP contribution < -0.4 is 0 Å². The van der Waals surface area contributed by atoms with Crippen molar-refractivity contribution < 1.29 is 5.11 Å². The summed E-state index contributed by atoms with van der Waals surface area (Å²) in [5.74, 6) is 0. The molecule has 1 radical (unpaired) electrons. The van der Waals surface area contributed by atoms with E-state index >= 15 is 0 Å². The molecule has 0 aromatic heterocycles. The van der Waals surface area contributed by atoms with Crippen molar-refractivity contribution in [1.29, 1.82) is 0 Å². The third-order valence-electron chi connectivity index (χ3n) is 4.23. The van der Waals surface area contributed by atoms with E-state index in [4.69, 9.17) is 0 Å². The number of aliphatic hydroxyl groups excluding tert-OH is 1. The molecule has 0 amide bonds. The molecule has 3 heteroatoms. The lowest BCUT2D eigenvalue weighted by Crippen LogP contribution is -2.41. The Hall–Kier alpha value is -0.120. The van der Waals surface area contributed by atoms with Gasteiger partial charge in [-0.3, -0.25) is 4.90 Å². The highest BCUT2D eigenvalue weighted by molar-refractivity contribution is 4.83. The molecule has 2 heterocycles. The van der Waals surface area contributed by atoms with E-state index in [1.807, 2.05) is 0 Å². The Kier molecular flexibility index (Phi) is 5.26. The van der Waals surface area contributed by atoms with Crippen molar-refractivity contribution in [2.75, 3.05) is 32.7 Å². The predicted octanol–water partition coefficient (Wildman–Crippen LogP) is 1.52. The SMILES string of the molecule is [CH2]C(O)C(CCCN1CCCC1)N1CCCC1. The molecule has 17 heavy (non-hydrogen) atoms. The van der Waals surface area contributed by atoms with Gasteiger partial charge in [0.1, 0.15) is 0 Å². The van der Waals surface area contributed by atoms with Crippen LogP contribution in [0.4, 0.5) is 0 Å². The zero-order chi connectivity index (χ0) is 12.1. The normalized spacial score (nSPS) is 26.5. The number of hydrogen-bond acceptors (Lipinski definition) is 3. The van der Waals surface area contributed by atoms with E-state index in [1.165, 1.54) is 51.7 Å². The average molecular weight is 239 g/mol. The van der Waals surface area contributed by atoms with Gasteiger partial charge in [0.15, 0.2) is 0 Å². The molecular weight excluding hydrogens is 212 g/mol. The molecule has 2 unspecified atom stereocenters. The Morgan fingerprint density at radius 3 is 2.18 bits per heavy atom. The van der Waals surface area contributed by atoms with Crippen molar-refractivity contribution in [1.82, 2.24) is 9.80 Å². The molecule has 0 aliphatic carbocycles. The molecule has 2 atom stereocenters. The summed E-state index contributed by atoms with van der Waals surface area (Å²) in [6.07, 6.45) is 7.19. The van der Waals surface area contributed by atoms with Gasteiger partial charge in [-0.15, -0.1) is 0 Å². The maximum Gasteiger partial charge on any atom is 0.0696 e. The van der Waals surface area contributed by atoms with Gasteiger partial charge in [0, 0.05) is 6.04 Å². The van der Waals surface area contributed by atoms with Crippen molar-refractivity contribution in [3.05, 3.63) is 6.92 Å². The number of hydrogen-bond donors (Lipinski definition) is 1. The van der Waals surface area contributed by atoms with Gasteiger partial charge >= 0.3 is 0 Å². The van der Waals surface area contributed by atoms with E-state index in [0.29, 0.717) is 6.04 Å². The zero-order valence-corrected chi connectivity index (χ0v) is 11.0. The summed E-state index contributed by atoms with van der Waals surface area (Å²) in [5, 5.41) is 9.80. The second kappa shape index (κ2) is 6.72. The number of likely N-dealkylation sites (tertiary alicyclic amines) is 2. The Labute approximate surface area is 106 Å². The van der Waals surface area contributed by atoms with Crippen molar-refractivity contribution in [2.24, 2.45) is 0 Å². The summed E-state index contributed by atoms with van der Waals surface area (Å²) in [6.45, 7) is 9.91. The maximum atomic E-state index is 9.80. The maximum absolute atomic E-state index is 9.80. The lowest BCUT2D eigenvalue weighted by Gasteiger charge is -2.30. The molecule has 2 aliphatic heterocycles. The number of nitrogens with zero attached hydrogens (tertiary/aromatic N) is 2. The topological polar surface area (TPSA) is 26.7 Å². The summed E-state index contributed by atoms with van der Waals surface area (Å²) >= 11 is 0. The van der Waals surface area contributed by atoms with Crippen LogP contribution in [0.5, 0.6) is 0 Å². The number of rotatable bonds is 6. The molecule has 2 aliphatic rings. The van der Waals surface area contributed by atoms with Crippen LogP contribution in [-0.2, 0) is 0 Å². The predicted molar refractivity (Wildman–Crippen MR) is 70.9 cm³/mol. The van der Waals surface area contributed by atoms with Crippen LogP contribution in [0.25, 0.3) is 0 Å². The van der Waals surface area contributed by atoms with Crippen molar-refractivity contribution in [3.8, 4) is 0 Å². The molecule has 0 aromatic carbocycles. The highest BCUT2D eigenvalue weighted by atomic mass is 16.3. The van der Waals surface area contributed by atoms with E-state index in [-0.39, 0.29) is 0 Å². The smallest absolute Gasteiger partial charge is 0.0696 e. The second-order valence-electron chi connectivity index (χ2n) is 5.57. The lowest BCUT2D eigenvalue weighted by atomic mass is 10.0. The van der Waals surface area contributed by atoms with Crippen molar-refractivity contribution in [3.63, 3.8) is 0 Å². The van der Waals surface area contributed by atoms with Crippen LogP contribution in [0, 0.1) is 6.92 Å².